The number of carbonyl (C=O) groups is 2. The molecule has 84 valence electrons. The maximum atomic E-state index is 11.9. The number of rotatable bonds is 1. The van der Waals surface area contributed by atoms with Gasteiger partial charge in [-0.15, -0.1) is 0 Å². The number of carbonyl (C=O) groups excluding carboxylic acids is 2. The van der Waals surface area contributed by atoms with Gasteiger partial charge in [-0.25, -0.2) is 0 Å². The molecule has 1 aliphatic rings. The molecule has 2 rings (SSSR count). The van der Waals surface area contributed by atoms with E-state index in [-0.39, 0.29) is 5.91 Å². The number of amides is 1. The first-order chi connectivity index (χ1) is 7.58. The van der Waals surface area contributed by atoms with E-state index in [0.717, 1.165) is 11.3 Å². The molecule has 1 heterocycles. The SMILES string of the molecule is COC(=O)[C@@]1(C)Cc2ccccc2NC1=O. The molecule has 1 atom stereocenters. The second kappa shape index (κ2) is 3.63. The minimum atomic E-state index is -1.12. The largest absolute Gasteiger partial charge is 0.468 e. The van der Waals surface area contributed by atoms with Crippen LogP contribution in [0.1, 0.15) is 12.5 Å². The molecule has 4 heteroatoms. The van der Waals surface area contributed by atoms with E-state index in [1.54, 1.807) is 6.92 Å². The predicted octanol–water partition coefficient (Wildman–Crippen LogP) is 1.36. The fourth-order valence-electron chi connectivity index (χ4n) is 1.91. The van der Waals surface area contributed by atoms with Crippen LogP contribution in [0.3, 0.4) is 0 Å². The Balaban J connectivity index is 2.41. The maximum absolute atomic E-state index is 11.9. The zero-order valence-corrected chi connectivity index (χ0v) is 9.24. The topological polar surface area (TPSA) is 55.4 Å². The molecule has 0 unspecified atom stereocenters. The Hall–Kier alpha value is -1.84. The van der Waals surface area contributed by atoms with Gasteiger partial charge in [0.15, 0.2) is 0 Å². The summed E-state index contributed by atoms with van der Waals surface area (Å²) in [4.78, 5) is 23.5. The van der Waals surface area contributed by atoms with Crippen LogP contribution in [0.2, 0.25) is 0 Å². The van der Waals surface area contributed by atoms with Crippen molar-refractivity contribution >= 4 is 17.6 Å². The minimum absolute atomic E-state index is 0.307. The van der Waals surface area contributed by atoms with E-state index in [4.69, 9.17) is 0 Å². The quantitative estimate of drug-likeness (QED) is 0.573. The number of fused-ring (bicyclic) bond motifs is 1. The second-order valence-electron chi connectivity index (χ2n) is 4.11. The molecule has 1 N–H and O–H groups in total. The van der Waals surface area contributed by atoms with E-state index in [2.05, 4.69) is 10.1 Å². The standard InChI is InChI=1S/C12H13NO3/c1-12(11(15)16-2)7-8-5-3-4-6-9(8)13-10(12)14/h3-6H,7H2,1-2H3,(H,13,14)/t12-/m0/s1. The minimum Gasteiger partial charge on any atom is -0.468 e. The number of benzene rings is 1. The number of para-hydroxylation sites is 1. The summed E-state index contributed by atoms with van der Waals surface area (Å²) in [7, 11) is 1.29. The number of hydrogen-bond donors (Lipinski definition) is 1. The molecule has 0 fully saturated rings. The lowest BCUT2D eigenvalue weighted by molar-refractivity contribution is -0.156. The first-order valence-electron chi connectivity index (χ1n) is 5.06. The van der Waals surface area contributed by atoms with Crippen LogP contribution in [0.4, 0.5) is 5.69 Å². The van der Waals surface area contributed by atoms with Crippen LogP contribution in [0.25, 0.3) is 0 Å². The molecule has 1 aromatic rings. The smallest absolute Gasteiger partial charge is 0.321 e. The molecular weight excluding hydrogens is 206 g/mol. The Labute approximate surface area is 93.6 Å². The van der Waals surface area contributed by atoms with Crippen molar-refractivity contribution in [2.24, 2.45) is 5.41 Å². The Morgan fingerprint density at radius 3 is 2.81 bits per heavy atom. The van der Waals surface area contributed by atoms with Gasteiger partial charge in [0.25, 0.3) is 0 Å². The summed E-state index contributed by atoms with van der Waals surface area (Å²) >= 11 is 0. The monoisotopic (exact) mass is 219 g/mol. The lowest BCUT2D eigenvalue weighted by atomic mass is 9.79. The molecule has 0 bridgehead atoms. The molecule has 1 aliphatic heterocycles. The predicted molar refractivity (Wildman–Crippen MR) is 58.9 cm³/mol. The second-order valence-corrected chi connectivity index (χ2v) is 4.11. The fourth-order valence-corrected chi connectivity index (χ4v) is 1.91. The van der Waals surface area contributed by atoms with Gasteiger partial charge in [-0.3, -0.25) is 9.59 Å². The molecular formula is C12H13NO3. The number of methoxy groups -OCH3 is 1. The molecule has 1 amide bonds. The van der Waals surface area contributed by atoms with Gasteiger partial charge in [-0.1, -0.05) is 18.2 Å². The van der Waals surface area contributed by atoms with Gasteiger partial charge >= 0.3 is 5.97 Å². The Morgan fingerprint density at radius 2 is 2.12 bits per heavy atom. The summed E-state index contributed by atoms with van der Waals surface area (Å²) in [6.45, 7) is 1.60. The van der Waals surface area contributed by atoms with Crippen LogP contribution in [-0.2, 0) is 20.7 Å². The summed E-state index contributed by atoms with van der Waals surface area (Å²) in [6, 6.07) is 7.45. The van der Waals surface area contributed by atoms with Gasteiger partial charge in [0.2, 0.25) is 5.91 Å². The summed E-state index contributed by atoms with van der Waals surface area (Å²) in [5.41, 5.74) is 0.604. The average Bonchev–Trinajstić information content (AvgIpc) is 2.29. The first-order valence-corrected chi connectivity index (χ1v) is 5.06. The molecule has 1 aromatic carbocycles. The highest BCUT2D eigenvalue weighted by atomic mass is 16.5. The summed E-state index contributed by atoms with van der Waals surface area (Å²) in [5, 5.41) is 2.73. The molecule has 0 aliphatic carbocycles. The Morgan fingerprint density at radius 1 is 1.44 bits per heavy atom. The van der Waals surface area contributed by atoms with Crippen molar-refractivity contribution in [1.29, 1.82) is 0 Å². The van der Waals surface area contributed by atoms with E-state index >= 15 is 0 Å². The van der Waals surface area contributed by atoms with Crippen molar-refractivity contribution in [1.82, 2.24) is 0 Å². The van der Waals surface area contributed by atoms with E-state index < -0.39 is 11.4 Å². The summed E-state index contributed by atoms with van der Waals surface area (Å²) < 4.78 is 4.68. The lowest BCUT2D eigenvalue weighted by Crippen LogP contribution is -2.46. The third-order valence-electron chi connectivity index (χ3n) is 2.95. The van der Waals surface area contributed by atoms with Crippen molar-refractivity contribution < 1.29 is 14.3 Å². The third-order valence-corrected chi connectivity index (χ3v) is 2.95. The van der Waals surface area contributed by atoms with Gasteiger partial charge in [-0.05, 0) is 25.0 Å². The zero-order valence-electron chi connectivity index (χ0n) is 9.24. The first kappa shape index (κ1) is 10.7. The number of ether oxygens (including phenoxy) is 1. The third kappa shape index (κ3) is 1.46. The number of esters is 1. The lowest BCUT2D eigenvalue weighted by Gasteiger charge is -2.31. The van der Waals surface area contributed by atoms with Crippen molar-refractivity contribution in [2.75, 3.05) is 12.4 Å². The molecule has 0 saturated carbocycles. The Kier molecular flexibility index (Phi) is 2.42. The molecule has 0 spiro atoms. The van der Waals surface area contributed by atoms with Crippen molar-refractivity contribution in [3.8, 4) is 0 Å². The Bertz CT molecular complexity index is 455. The maximum Gasteiger partial charge on any atom is 0.321 e. The van der Waals surface area contributed by atoms with Crippen LogP contribution in [0.5, 0.6) is 0 Å². The van der Waals surface area contributed by atoms with Crippen LogP contribution in [-0.4, -0.2) is 19.0 Å². The number of anilines is 1. The normalized spacial score (nSPS) is 23.2. The van der Waals surface area contributed by atoms with Gasteiger partial charge in [0.05, 0.1) is 7.11 Å². The van der Waals surface area contributed by atoms with Crippen molar-refractivity contribution in [3.05, 3.63) is 29.8 Å². The van der Waals surface area contributed by atoms with Crippen LogP contribution in [0.15, 0.2) is 24.3 Å². The fraction of sp³-hybridized carbons (Fsp3) is 0.333. The van der Waals surface area contributed by atoms with Crippen LogP contribution < -0.4 is 5.32 Å². The van der Waals surface area contributed by atoms with E-state index in [1.807, 2.05) is 24.3 Å². The molecule has 0 radical (unpaired) electrons. The highest BCUT2D eigenvalue weighted by Gasteiger charge is 2.45. The van der Waals surface area contributed by atoms with E-state index in [1.165, 1.54) is 7.11 Å². The molecule has 4 nitrogen and oxygen atoms in total. The van der Waals surface area contributed by atoms with Gasteiger partial charge < -0.3 is 10.1 Å². The van der Waals surface area contributed by atoms with E-state index in [0.29, 0.717) is 6.42 Å². The van der Waals surface area contributed by atoms with Gasteiger partial charge in [0.1, 0.15) is 5.41 Å². The summed E-state index contributed by atoms with van der Waals surface area (Å²) in [5.74, 6) is -0.808. The highest BCUT2D eigenvalue weighted by Crippen LogP contribution is 2.34. The highest BCUT2D eigenvalue weighted by molar-refractivity contribution is 6.10. The molecule has 0 aromatic heterocycles. The number of hydrogen-bond acceptors (Lipinski definition) is 3. The zero-order chi connectivity index (χ0) is 11.8. The van der Waals surface area contributed by atoms with Gasteiger partial charge in [-0.2, -0.15) is 0 Å². The molecule has 0 saturated heterocycles. The van der Waals surface area contributed by atoms with Crippen molar-refractivity contribution in [3.63, 3.8) is 0 Å². The summed E-state index contributed by atoms with van der Waals surface area (Å²) in [6.07, 6.45) is 0.377. The molecule has 16 heavy (non-hydrogen) atoms. The van der Waals surface area contributed by atoms with E-state index in [9.17, 15) is 9.59 Å². The van der Waals surface area contributed by atoms with Crippen molar-refractivity contribution in [2.45, 2.75) is 13.3 Å². The van der Waals surface area contributed by atoms with Gasteiger partial charge in [0, 0.05) is 5.69 Å². The van der Waals surface area contributed by atoms with Crippen LogP contribution >= 0.6 is 0 Å². The average molecular weight is 219 g/mol. The van der Waals surface area contributed by atoms with Crippen LogP contribution in [0, 0.1) is 5.41 Å². The number of nitrogens with one attached hydrogen (secondary N) is 1.